The van der Waals surface area contributed by atoms with Gasteiger partial charge in [-0.25, -0.2) is 4.98 Å². The SMILES string of the molecule is [2H]N1CCc2cccnc21. The lowest BCUT2D eigenvalue weighted by atomic mass is 10.2. The molecule has 1 aliphatic rings. The van der Waals surface area contributed by atoms with E-state index < -0.39 is 0 Å². The maximum Gasteiger partial charge on any atom is 0.162 e. The van der Waals surface area contributed by atoms with Crippen LogP contribution in [0.15, 0.2) is 18.3 Å². The summed E-state index contributed by atoms with van der Waals surface area (Å²) in [6, 6.07) is 3.94. The van der Waals surface area contributed by atoms with Crippen molar-refractivity contribution >= 4 is 5.82 Å². The van der Waals surface area contributed by atoms with Crippen molar-refractivity contribution in [3.8, 4) is 0 Å². The fraction of sp³-hybridized carbons (Fsp3) is 0.286. The number of nitrogens with one attached hydrogen (secondary N) is 1. The van der Waals surface area contributed by atoms with Gasteiger partial charge in [-0.2, -0.15) is 0 Å². The van der Waals surface area contributed by atoms with Crippen LogP contribution in [-0.2, 0) is 6.42 Å². The normalized spacial score (nSPS) is 17.3. The quantitative estimate of drug-likeness (QED) is 0.555. The lowest BCUT2D eigenvalue weighted by molar-refractivity contribution is 1.11. The number of hydrogen-bond donors (Lipinski definition) is 1. The molecule has 0 unspecified atom stereocenters. The number of rotatable bonds is 0. The molecular weight excluding hydrogens is 112 g/mol. The van der Waals surface area contributed by atoms with Crippen LogP contribution in [0.5, 0.6) is 0 Å². The van der Waals surface area contributed by atoms with Gasteiger partial charge in [0, 0.05) is 12.7 Å². The second-order valence-corrected chi connectivity index (χ2v) is 2.12. The van der Waals surface area contributed by atoms with E-state index in [1.807, 2.05) is 12.1 Å². The van der Waals surface area contributed by atoms with Crippen LogP contribution in [0, 0.1) is 0 Å². The van der Waals surface area contributed by atoms with Gasteiger partial charge in [-0.1, -0.05) is 6.07 Å². The summed E-state index contributed by atoms with van der Waals surface area (Å²) >= 11 is 0. The Labute approximate surface area is 55.4 Å². The van der Waals surface area contributed by atoms with Gasteiger partial charge in [-0.15, -0.1) is 0 Å². The Morgan fingerprint density at radius 3 is 3.67 bits per heavy atom. The highest BCUT2D eigenvalue weighted by Crippen LogP contribution is 2.16. The van der Waals surface area contributed by atoms with Crippen LogP contribution in [0.2, 0.25) is 1.41 Å². The van der Waals surface area contributed by atoms with E-state index in [2.05, 4.69) is 4.98 Å². The maximum absolute atomic E-state index is 7.38. The molecule has 0 saturated carbocycles. The van der Waals surface area contributed by atoms with Crippen LogP contribution >= 0.6 is 0 Å². The fourth-order valence-electron chi connectivity index (χ4n) is 1.05. The molecule has 0 spiro atoms. The van der Waals surface area contributed by atoms with Crippen LogP contribution < -0.4 is 5.31 Å². The molecule has 2 rings (SSSR count). The van der Waals surface area contributed by atoms with E-state index in [1.54, 1.807) is 6.20 Å². The zero-order chi connectivity index (χ0) is 6.97. The third-order valence-corrected chi connectivity index (χ3v) is 1.51. The minimum absolute atomic E-state index is 0.784. The molecule has 0 amide bonds. The molecule has 0 aliphatic carbocycles. The predicted molar refractivity (Wildman–Crippen MR) is 36.4 cm³/mol. The van der Waals surface area contributed by atoms with Gasteiger partial charge in [0.1, 0.15) is 5.82 Å². The Morgan fingerprint density at radius 2 is 2.78 bits per heavy atom. The molecule has 2 heterocycles. The molecule has 2 heteroatoms. The van der Waals surface area contributed by atoms with E-state index in [1.165, 1.54) is 10.9 Å². The van der Waals surface area contributed by atoms with E-state index in [4.69, 9.17) is 1.41 Å². The molecule has 0 aromatic carbocycles. The summed E-state index contributed by atoms with van der Waals surface area (Å²) < 4.78 is 7.38. The zero-order valence-corrected chi connectivity index (χ0v) is 5.04. The van der Waals surface area contributed by atoms with Crippen LogP contribution in [0.4, 0.5) is 5.82 Å². The summed E-state index contributed by atoms with van der Waals surface area (Å²) in [6.45, 7) is 0.784. The zero-order valence-electron chi connectivity index (χ0n) is 6.04. The smallest absolute Gasteiger partial charge is 0.162 e. The molecule has 1 N–H and O–H groups in total. The molecule has 0 fully saturated rings. The molecule has 0 radical (unpaired) electrons. The number of hydrogen-bond acceptors (Lipinski definition) is 2. The Kier molecular flexibility index (Phi) is 0.743. The first-order chi connectivity index (χ1) is 4.88. The lowest BCUT2D eigenvalue weighted by Gasteiger charge is -1.93. The van der Waals surface area contributed by atoms with E-state index >= 15 is 0 Å². The minimum Gasteiger partial charge on any atom is -0.370 e. The number of pyridine rings is 1. The van der Waals surface area contributed by atoms with Crippen molar-refractivity contribution < 1.29 is 1.41 Å². The summed E-state index contributed by atoms with van der Waals surface area (Å²) in [5.74, 6) is 0.822. The Bertz CT molecular complexity index is 249. The Hall–Kier alpha value is -1.05. The van der Waals surface area contributed by atoms with Crippen molar-refractivity contribution in [3.05, 3.63) is 23.9 Å². The van der Waals surface area contributed by atoms with Gasteiger partial charge in [-0.05, 0) is 18.1 Å². The first-order valence-electron chi connectivity index (χ1n) is 3.53. The van der Waals surface area contributed by atoms with E-state index in [0.29, 0.717) is 0 Å². The number of anilines is 1. The maximum atomic E-state index is 7.38. The largest absolute Gasteiger partial charge is 0.370 e. The van der Waals surface area contributed by atoms with Crippen molar-refractivity contribution in [3.63, 3.8) is 0 Å². The topological polar surface area (TPSA) is 24.9 Å². The van der Waals surface area contributed by atoms with Crippen molar-refractivity contribution in [2.75, 3.05) is 11.9 Å². The minimum atomic E-state index is 0.784. The lowest BCUT2D eigenvalue weighted by Crippen LogP contribution is -1.92. The summed E-state index contributed by atoms with van der Waals surface area (Å²) in [7, 11) is 0. The van der Waals surface area contributed by atoms with Gasteiger partial charge >= 0.3 is 0 Å². The number of aromatic nitrogens is 1. The summed E-state index contributed by atoms with van der Waals surface area (Å²) in [5, 5.41) is 1.44. The highest BCUT2D eigenvalue weighted by Gasteiger charge is 2.07. The molecule has 0 atom stereocenters. The second kappa shape index (κ2) is 1.72. The van der Waals surface area contributed by atoms with E-state index in [-0.39, 0.29) is 0 Å². The Morgan fingerprint density at radius 1 is 1.78 bits per heavy atom. The summed E-state index contributed by atoms with van der Waals surface area (Å²) in [6.07, 6.45) is 2.69. The second-order valence-electron chi connectivity index (χ2n) is 2.12. The molecule has 1 aromatic heterocycles. The third kappa shape index (κ3) is 0.669. The Balaban J connectivity index is 2.51. The van der Waals surface area contributed by atoms with Gasteiger partial charge in [0.25, 0.3) is 0 Å². The molecule has 0 saturated heterocycles. The monoisotopic (exact) mass is 121 g/mol. The molecular formula is C7H8N2. The van der Waals surface area contributed by atoms with Crippen molar-refractivity contribution in [2.45, 2.75) is 6.42 Å². The van der Waals surface area contributed by atoms with Gasteiger partial charge in [0.05, 0.1) is 0 Å². The predicted octanol–water partition coefficient (Wildman–Crippen LogP) is 1.05. The molecule has 2 nitrogen and oxygen atoms in total. The number of nitrogens with zero attached hydrogens (tertiary/aromatic N) is 1. The molecule has 1 aromatic rings. The summed E-state index contributed by atoms with van der Waals surface area (Å²) in [4.78, 5) is 4.08. The fourth-order valence-corrected chi connectivity index (χ4v) is 1.05. The molecule has 46 valence electrons. The van der Waals surface area contributed by atoms with Crippen LogP contribution in [0.3, 0.4) is 0 Å². The third-order valence-electron chi connectivity index (χ3n) is 1.51. The van der Waals surface area contributed by atoms with Gasteiger partial charge in [-0.3, -0.25) is 0 Å². The van der Waals surface area contributed by atoms with Crippen LogP contribution in [0.25, 0.3) is 0 Å². The highest BCUT2D eigenvalue weighted by molar-refractivity contribution is 5.48. The average Bonchev–Trinajstić information content (AvgIpc) is 2.34. The van der Waals surface area contributed by atoms with Gasteiger partial charge < -0.3 is 5.31 Å². The molecule has 0 bridgehead atoms. The first-order valence-corrected chi connectivity index (χ1v) is 3.08. The van der Waals surface area contributed by atoms with Crippen molar-refractivity contribution in [1.82, 2.24) is 4.98 Å². The summed E-state index contributed by atoms with van der Waals surface area (Å²) in [5.41, 5.74) is 1.19. The van der Waals surface area contributed by atoms with E-state index in [9.17, 15) is 0 Å². The highest BCUT2D eigenvalue weighted by atomic mass is 15.0. The van der Waals surface area contributed by atoms with Gasteiger partial charge in [0.2, 0.25) is 0 Å². The van der Waals surface area contributed by atoms with Crippen LogP contribution in [0.1, 0.15) is 5.56 Å². The standard InChI is InChI=1S/C7H8N2/c1-2-6-3-5-9-7(6)8-4-1/h1-2,4H,3,5H2,(H,8,9)/i/hD. The van der Waals surface area contributed by atoms with Crippen molar-refractivity contribution in [1.29, 1.82) is 0 Å². The van der Waals surface area contributed by atoms with Crippen LogP contribution in [-0.4, -0.2) is 11.5 Å². The van der Waals surface area contributed by atoms with Crippen molar-refractivity contribution in [2.24, 2.45) is 0 Å². The molecule has 1 aliphatic heterocycles. The average molecular weight is 121 g/mol. The van der Waals surface area contributed by atoms with Gasteiger partial charge in [0.15, 0.2) is 1.41 Å². The first kappa shape index (κ1) is 3.88. The van der Waals surface area contributed by atoms with E-state index in [0.717, 1.165) is 18.8 Å². The number of fused-ring (bicyclic) bond motifs is 1. The molecule has 9 heavy (non-hydrogen) atoms.